The van der Waals surface area contributed by atoms with E-state index in [4.69, 9.17) is 5.11 Å². The van der Waals surface area contributed by atoms with Crippen molar-refractivity contribution in [3.63, 3.8) is 0 Å². The van der Waals surface area contributed by atoms with Crippen LogP contribution in [0.3, 0.4) is 0 Å². The zero-order valence-corrected chi connectivity index (χ0v) is 10.2. The van der Waals surface area contributed by atoms with E-state index in [1.165, 1.54) is 23.9 Å². The molecule has 0 aliphatic heterocycles. The highest BCUT2D eigenvalue weighted by Crippen LogP contribution is 2.21. The molecule has 7 heteroatoms. The third-order valence-corrected chi connectivity index (χ3v) is 4.42. The molecule has 0 amide bonds. The molecule has 0 radical (unpaired) electrons. The maximum atomic E-state index is 11.9. The summed E-state index contributed by atoms with van der Waals surface area (Å²) in [5, 5.41) is 8.85. The van der Waals surface area contributed by atoms with Crippen LogP contribution in [-0.4, -0.2) is 30.1 Å². The number of nitrogens with one attached hydrogen (secondary N) is 1. The average molecular weight is 258 g/mol. The van der Waals surface area contributed by atoms with Crippen molar-refractivity contribution in [1.29, 1.82) is 0 Å². The van der Waals surface area contributed by atoms with Crippen molar-refractivity contribution in [1.82, 2.24) is 9.29 Å². The Balaban J connectivity index is 2.26. The van der Waals surface area contributed by atoms with Crippen LogP contribution in [0.15, 0.2) is 17.2 Å². The Kier molecular flexibility index (Phi) is 2.96. The maximum Gasteiger partial charge on any atom is 0.352 e. The number of aromatic carboxylic acids is 1. The molecule has 0 spiro atoms. The zero-order valence-electron chi connectivity index (χ0n) is 9.38. The fourth-order valence-electron chi connectivity index (χ4n) is 1.71. The highest BCUT2D eigenvalue weighted by atomic mass is 32.2. The van der Waals surface area contributed by atoms with Gasteiger partial charge in [0.1, 0.15) is 10.6 Å². The van der Waals surface area contributed by atoms with E-state index in [0.29, 0.717) is 0 Å². The van der Waals surface area contributed by atoms with Crippen molar-refractivity contribution in [2.45, 2.75) is 30.2 Å². The van der Waals surface area contributed by atoms with E-state index in [1.807, 2.05) is 0 Å². The first-order chi connectivity index (χ1) is 7.90. The topological polar surface area (TPSA) is 88.4 Å². The number of carboxylic acid groups (broad SMARTS) is 1. The fourth-order valence-corrected chi connectivity index (χ4v) is 3.08. The highest BCUT2D eigenvalue weighted by molar-refractivity contribution is 7.89. The summed E-state index contributed by atoms with van der Waals surface area (Å²) in [4.78, 5) is 10.8. The molecule has 1 aromatic rings. The number of sulfonamides is 1. The maximum absolute atomic E-state index is 11.9. The molecule has 1 saturated carbocycles. The summed E-state index contributed by atoms with van der Waals surface area (Å²) in [6.07, 6.45) is 4.03. The van der Waals surface area contributed by atoms with Gasteiger partial charge < -0.3 is 9.67 Å². The number of carbonyl (C=O) groups is 1. The van der Waals surface area contributed by atoms with Gasteiger partial charge in [0, 0.05) is 19.3 Å². The molecule has 1 aliphatic carbocycles. The van der Waals surface area contributed by atoms with Gasteiger partial charge in [0.25, 0.3) is 0 Å². The van der Waals surface area contributed by atoms with Crippen molar-refractivity contribution in [3.8, 4) is 0 Å². The van der Waals surface area contributed by atoms with E-state index in [9.17, 15) is 13.2 Å². The average Bonchev–Trinajstić information content (AvgIpc) is 2.55. The van der Waals surface area contributed by atoms with Gasteiger partial charge in [-0.05, 0) is 18.9 Å². The SMILES string of the molecule is Cn1cc(S(=O)(=O)NC2CCC2)cc1C(=O)O. The molecule has 2 rings (SSSR count). The van der Waals surface area contributed by atoms with Gasteiger partial charge in [-0.2, -0.15) is 0 Å². The predicted octanol–water partition coefficient (Wildman–Crippen LogP) is 0.554. The Morgan fingerprint density at radius 2 is 2.18 bits per heavy atom. The largest absolute Gasteiger partial charge is 0.477 e. The van der Waals surface area contributed by atoms with Crippen molar-refractivity contribution in [2.24, 2.45) is 7.05 Å². The second kappa shape index (κ2) is 4.15. The van der Waals surface area contributed by atoms with Crippen LogP contribution in [-0.2, 0) is 17.1 Å². The number of hydrogen-bond donors (Lipinski definition) is 2. The molecule has 0 aromatic carbocycles. The van der Waals surface area contributed by atoms with E-state index < -0.39 is 16.0 Å². The summed E-state index contributed by atoms with van der Waals surface area (Å²) in [5.74, 6) is -1.14. The Hall–Kier alpha value is -1.34. The van der Waals surface area contributed by atoms with Crippen molar-refractivity contribution in [3.05, 3.63) is 18.0 Å². The Bertz CT molecular complexity index is 543. The number of rotatable bonds is 4. The lowest BCUT2D eigenvalue weighted by molar-refractivity contribution is 0.0686. The van der Waals surface area contributed by atoms with Gasteiger partial charge in [-0.15, -0.1) is 0 Å². The molecule has 94 valence electrons. The van der Waals surface area contributed by atoms with Crippen molar-refractivity contribution >= 4 is 16.0 Å². The predicted molar refractivity (Wildman–Crippen MR) is 60.3 cm³/mol. The molecule has 0 saturated heterocycles. The van der Waals surface area contributed by atoms with Gasteiger partial charge >= 0.3 is 5.97 Å². The molecule has 2 N–H and O–H groups in total. The first-order valence-electron chi connectivity index (χ1n) is 5.32. The van der Waals surface area contributed by atoms with E-state index in [0.717, 1.165) is 19.3 Å². The first-order valence-corrected chi connectivity index (χ1v) is 6.80. The molecule has 0 bridgehead atoms. The van der Waals surface area contributed by atoms with Crippen LogP contribution >= 0.6 is 0 Å². The standard InChI is InChI=1S/C10H14N2O4S/c1-12-6-8(5-9(12)10(13)14)17(15,16)11-7-3-2-4-7/h5-7,11H,2-4H2,1H3,(H,13,14). The quantitative estimate of drug-likeness (QED) is 0.825. The first kappa shape index (κ1) is 12.1. The van der Waals surface area contributed by atoms with Crippen LogP contribution in [0.4, 0.5) is 0 Å². The summed E-state index contributed by atoms with van der Waals surface area (Å²) in [6, 6.07) is 1.16. The van der Waals surface area contributed by atoms with Crippen LogP contribution in [0.25, 0.3) is 0 Å². The minimum Gasteiger partial charge on any atom is -0.477 e. The van der Waals surface area contributed by atoms with Crippen molar-refractivity contribution < 1.29 is 18.3 Å². The summed E-state index contributed by atoms with van der Waals surface area (Å²) in [5.41, 5.74) is -0.0426. The molecular formula is C10H14N2O4S. The second-order valence-electron chi connectivity index (χ2n) is 4.23. The minimum atomic E-state index is -3.59. The molecule has 1 fully saturated rings. The molecular weight excluding hydrogens is 244 g/mol. The van der Waals surface area contributed by atoms with Gasteiger partial charge in [-0.1, -0.05) is 6.42 Å². The van der Waals surface area contributed by atoms with Gasteiger partial charge in [0.05, 0.1) is 0 Å². The van der Waals surface area contributed by atoms with E-state index in [2.05, 4.69) is 4.72 Å². The number of nitrogens with zero attached hydrogens (tertiary/aromatic N) is 1. The molecule has 0 atom stereocenters. The number of aromatic nitrogens is 1. The summed E-state index contributed by atoms with van der Waals surface area (Å²) in [7, 11) is -2.08. The van der Waals surface area contributed by atoms with Gasteiger partial charge in [0.2, 0.25) is 10.0 Å². The van der Waals surface area contributed by atoms with Crippen LogP contribution < -0.4 is 4.72 Å². The number of hydrogen-bond acceptors (Lipinski definition) is 3. The summed E-state index contributed by atoms with van der Waals surface area (Å²) >= 11 is 0. The smallest absolute Gasteiger partial charge is 0.352 e. The zero-order chi connectivity index (χ0) is 12.6. The lowest BCUT2D eigenvalue weighted by Crippen LogP contribution is -2.39. The minimum absolute atomic E-state index is 0.00398. The molecule has 6 nitrogen and oxygen atoms in total. The number of carboxylic acids is 1. The van der Waals surface area contributed by atoms with E-state index >= 15 is 0 Å². The molecule has 1 aliphatic rings. The third kappa shape index (κ3) is 2.34. The Morgan fingerprint density at radius 1 is 1.53 bits per heavy atom. The van der Waals surface area contributed by atoms with Crippen LogP contribution in [0.5, 0.6) is 0 Å². The fraction of sp³-hybridized carbons (Fsp3) is 0.500. The van der Waals surface area contributed by atoms with Crippen molar-refractivity contribution in [2.75, 3.05) is 0 Å². The van der Waals surface area contributed by atoms with Crippen LogP contribution in [0.1, 0.15) is 29.8 Å². The summed E-state index contributed by atoms with van der Waals surface area (Å²) in [6.45, 7) is 0. The Labute approximate surface area is 99.3 Å². The second-order valence-corrected chi connectivity index (χ2v) is 5.94. The van der Waals surface area contributed by atoms with Gasteiger partial charge in [0.15, 0.2) is 0 Å². The number of aryl methyl sites for hydroxylation is 1. The summed E-state index contributed by atoms with van der Waals surface area (Å²) < 4.78 is 27.7. The van der Waals surface area contributed by atoms with Crippen LogP contribution in [0.2, 0.25) is 0 Å². The third-order valence-electron chi connectivity index (χ3n) is 2.94. The molecule has 17 heavy (non-hydrogen) atoms. The van der Waals surface area contributed by atoms with Gasteiger partial charge in [-0.3, -0.25) is 0 Å². The van der Waals surface area contributed by atoms with E-state index in [-0.39, 0.29) is 16.6 Å². The van der Waals surface area contributed by atoms with E-state index in [1.54, 1.807) is 0 Å². The molecule has 0 unspecified atom stereocenters. The van der Waals surface area contributed by atoms with Crippen LogP contribution in [0, 0.1) is 0 Å². The monoisotopic (exact) mass is 258 g/mol. The lowest BCUT2D eigenvalue weighted by Gasteiger charge is -2.25. The Morgan fingerprint density at radius 3 is 2.59 bits per heavy atom. The molecule has 1 heterocycles. The lowest BCUT2D eigenvalue weighted by atomic mass is 9.94. The van der Waals surface area contributed by atoms with Gasteiger partial charge in [-0.25, -0.2) is 17.9 Å². The highest BCUT2D eigenvalue weighted by Gasteiger charge is 2.26. The normalized spacial score (nSPS) is 16.8. The molecule has 1 aromatic heterocycles.